The van der Waals surface area contributed by atoms with Gasteiger partial charge in [-0.1, -0.05) is 60.7 Å². The Balaban J connectivity index is 1.90. The first kappa shape index (κ1) is 18.5. The average Bonchev–Trinajstić information content (AvgIpc) is 3.23. The average molecular weight is 410 g/mol. The van der Waals surface area contributed by atoms with Gasteiger partial charge in [-0.05, 0) is 30.7 Å². The molecule has 30 heavy (non-hydrogen) atoms. The molecule has 0 N–H and O–H groups in total. The molecule has 4 nitrogen and oxygen atoms in total. The van der Waals surface area contributed by atoms with Gasteiger partial charge in [-0.25, -0.2) is 14.8 Å². The van der Waals surface area contributed by atoms with E-state index in [4.69, 9.17) is 14.7 Å². The van der Waals surface area contributed by atoms with Crippen LogP contribution >= 0.6 is 11.3 Å². The molecule has 0 atom stereocenters. The fourth-order valence-electron chi connectivity index (χ4n) is 3.65. The van der Waals surface area contributed by atoms with E-state index in [0.717, 1.165) is 32.2 Å². The fraction of sp³-hybridized carbons (Fsp3) is 0.0800. The van der Waals surface area contributed by atoms with E-state index < -0.39 is 0 Å². The predicted octanol–water partition coefficient (Wildman–Crippen LogP) is 6.36. The third kappa shape index (κ3) is 3.13. The number of para-hydroxylation sites is 2. The highest BCUT2D eigenvalue weighted by atomic mass is 32.1. The van der Waals surface area contributed by atoms with Gasteiger partial charge in [0.25, 0.3) is 0 Å². The molecule has 2 heterocycles. The third-order valence-electron chi connectivity index (χ3n) is 4.93. The number of carbonyl (C=O) groups excluding carboxylic acids is 1. The second-order valence-corrected chi connectivity index (χ2v) is 7.83. The van der Waals surface area contributed by atoms with Crippen molar-refractivity contribution in [3.05, 3.63) is 84.4 Å². The number of rotatable bonds is 4. The van der Waals surface area contributed by atoms with E-state index in [1.807, 2.05) is 85.8 Å². The van der Waals surface area contributed by atoms with Crippen molar-refractivity contribution in [2.45, 2.75) is 6.92 Å². The SMILES string of the molecule is CCOC(=O)c1c(-c2nc3ccccc3s2)nc2ccccc2c1-c1ccccc1. The normalized spacial score (nSPS) is 11.1. The van der Waals surface area contributed by atoms with Gasteiger partial charge < -0.3 is 4.74 Å². The van der Waals surface area contributed by atoms with Crippen LogP contribution in [0.1, 0.15) is 17.3 Å². The highest BCUT2D eigenvalue weighted by molar-refractivity contribution is 7.21. The lowest BCUT2D eigenvalue weighted by molar-refractivity contribution is 0.0528. The van der Waals surface area contributed by atoms with Crippen LogP contribution in [0.2, 0.25) is 0 Å². The summed E-state index contributed by atoms with van der Waals surface area (Å²) in [5, 5.41) is 1.62. The highest BCUT2D eigenvalue weighted by Crippen LogP contribution is 2.39. The van der Waals surface area contributed by atoms with Gasteiger partial charge in [0.15, 0.2) is 0 Å². The van der Waals surface area contributed by atoms with Crippen molar-refractivity contribution in [2.24, 2.45) is 0 Å². The lowest BCUT2D eigenvalue weighted by Gasteiger charge is -2.15. The summed E-state index contributed by atoms with van der Waals surface area (Å²) in [5.41, 5.74) is 4.51. The lowest BCUT2D eigenvalue weighted by Crippen LogP contribution is -2.10. The Morgan fingerprint density at radius 2 is 1.57 bits per heavy atom. The van der Waals surface area contributed by atoms with Crippen molar-refractivity contribution in [3.63, 3.8) is 0 Å². The molecule has 0 aliphatic heterocycles. The molecule has 0 unspecified atom stereocenters. The van der Waals surface area contributed by atoms with Gasteiger partial charge in [0.1, 0.15) is 10.7 Å². The molecule has 0 fully saturated rings. The van der Waals surface area contributed by atoms with Gasteiger partial charge in [0, 0.05) is 10.9 Å². The molecule has 0 amide bonds. The van der Waals surface area contributed by atoms with E-state index in [1.54, 1.807) is 0 Å². The maximum atomic E-state index is 13.2. The molecule has 0 saturated heterocycles. The van der Waals surface area contributed by atoms with Crippen LogP contribution < -0.4 is 0 Å². The minimum absolute atomic E-state index is 0.291. The van der Waals surface area contributed by atoms with Crippen LogP contribution in [-0.4, -0.2) is 22.5 Å². The van der Waals surface area contributed by atoms with E-state index in [-0.39, 0.29) is 5.97 Å². The van der Waals surface area contributed by atoms with Crippen LogP contribution in [0.3, 0.4) is 0 Å². The number of benzene rings is 3. The van der Waals surface area contributed by atoms with Gasteiger partial charge in [-0.15, -0.1) is 11.3 Å². The van der Waals surface area contributed by atoms with Crippen LogP contribution in [0.15, 0.2) is 78.9 Å². The third-order valence-corrected chi connectivity index (χ3v) is 5.97. The van der Waals surface area contributed by atoms with Crippen LogP contribution in [0, 0.1) is 0 Å². The monoisotopic (exact) mass is 410 g/mol. The van der Waals surface area contributed by atoms with Crippen molar-refractivity contribution in [2.75, 3.05) is 6.61 Å². The zero-order chi connectivity index (χ0) is 20.5. The molecule has 0 radical (unpaired) electrons. The second-order valence-electron chi connectivity index (χ2n) is 6.80. The smallest absolute Gasteiger partial charge is 0.341 e. The standard InChI is InChI=1S/C25H18N2O2S/c1-2-29-25(28)22-21(16-10-4-3-5-11-16)17-12-6-7-13-18(17)26-23(22)24-27-19-14-8-9-15-20(19)30-24/h3-15H,2H2,1H3. The van der Waals surface area contributed by atoms with E-state index in [9.17, 15) is 4.79 Å². The number of fused-ring (bicyclic) bond motifs is 2. The van der Waals surface area contributed by atoms with Crippen LogP contribution in [-0.2, 0) is 4.74 Å². The number of hydrogen-bond donors (Lipinski definition) is 0. The van der Waals surface area contributed by atoms with E-state index in [0.29, 0.717) is 22.9 Å². The summed E-state index contributed by atoms with van der Waals surface area (Å²) in [4.78, 5) is 22.9. The highest BCUT2D eigenvalue weighted by Gasteiger charge is 2.26. The molecular formula is C25H18N2O2S. The molecule has 0 bridgehead atoms. The molecule has 0 saturated carbocycles. The molecule has 5 heteroatoms. The maximum Gasteiger partial charge on any atom is 0.341 e. The Kier molecular flexibility index (Phi) is 4.73. The van der Waals surface area contributed by atoms with Crippen molar-refractivity contribution in [1.29, 1.82) is 0 Å². The van der Waals surface area contributed by atoms with Crippen molar-refractivity contribution in [3.8, 4) is 21.8 Å². The molecule has 3 aromatic carbocycles. The predicted molar refractivity (Wildman–Crippen MR) is 122 cm³/mol. The molecule has 5 aromatic rings. The quantitative estimate of drug-likeness (QED) is 0.324. The van der Waals surface area contributed by atoms with Gasteiger partial charge in [-0.3, -0.25) is 0 Å². The molecule has 0 aliphatic rings. The first-order chi connectivity index (χ1) is 14.8. The van der Waals surface area contributed by atoms with Crippen LogP contribution in [0.5, 0.6) is 0 Å². The topological polar surface area (TPSA) is 52.1 Å². The van der Waals surface area contributed by atoms with Crippen LogP contribution in [0.4, 0.5) is 0 Å². The molecule has 0 spiro atoms. The summed E-state index contributed by atoms with van der Waals surface area (Å²) < 4.78 is 6.53. The summed E-state index contributed by atoms with van der Waals surface area (Å²) in [6.45, 7) is 2.10. The Hall–Kier alpha value is -3.57. The molecular weight excluding hydrogens is 392 g/mol. The molecule has 5 rings (SSSR count). The van der Waals surface area contributed by atoms with Gasteiger partial charge in [0.05, 0.1) is 27.9 Å². The first-order valence-corrected chi connectivity index (χ1v) is 10.6. The lowest BCUT2D eigenvalue weighted by atomic mass is 9.94. The minimum Gasteiger partial charge on any atom is -0.462 e. The number of aromatic nitrogens is 2. The van der Waals surface area contributed by atoms with Crippen LogP contribution in [0.25, 0.3) is 42.9 Å². The number of hydrogen-bond acceptors (Lipinski definition) is 5. The Morgan fingerprint density at radius 1 is 0.867 bits per heavy atom. The van der Waals surface area contributed by atoms with Crippen molar-refractivity contribution in [1.82, 2.24) is 9.97 Å². The fourth-order valence-corrected chi connectivity index (χ4v) is 4.61. The van der Waals surface area contributed by atoms with E-state index in [2.05, 4.69) is 0 Å². The van der Waals surface area contributed by atoms with Gasteiger partial charge in [0.2, 0.25) is 0 Å². The molecule has 2 aromatic heterocycles. The van der Waals surface area contributed by atoms with E-state index in [1.165, 1.54) is 11.3 Å². The number of carbonyl (C=O) groups is 1. The summed E-state index contributed by atoms with van der Waals surface area (Å²) in [6, 6.07) is 25.7. The maximum absolute atomic E-state index is 13.2. The second kappa shape index (κ2) is 7.69. The Labute approximate surface area is 177 Å². The summed E-state index contributed by atoms with van der Waals surface area (Å²) in [5.74, 6) is -0.385. The summed E-state index contributed by atoms with van der Waals surface area (Å²) in [6.07, 6.45) is 0. The zero-order valence-corrected chi connectivity index (χ0v) is 17.1. The number of esters is 1. The number of nitrogens with zero attached hydrogens (tertiary/aromatic N) is 2. The van der Waals surface area contributed by atoms with E-state index >= 15 is 0 Å². The number of ether oxygens (including phenoxy) is 1. The largest absolute Gasteiger partial charge is 0.462 e. The van der Waals surface area contributed by atoms with Crippen molar-refractivity contribution >= 4 is 38.4 Å². The Morgan fingerprint density at radius 3 is 2.33 bits per heavy atom. The first-order valence-electron chi connectivity index (χ1n) is 9.77. The van der Waals surface area contributed by atoms with Gasteiger partial charge in [-0.2, -0.15) is 0 Å². The zero-order valence-electron chi connectivity index (χ0n) is 16.3. The van der Waals surface area contributed by atoms with Gasteiger partial charge >= 0.3 is 5.97 Å². The molecule has 146 valence electrons. The summed E-state index contributed by atoms with van der Waals surface area (Å²) >= 11 is 1.53. The van der Waals surface area contributed by atoms with Crippen molar-refractivity contribution < 1.29 is 9.53 Å². The number of thiazole rings is 1. The minimum atomic E-state index is -0.385. The summed E-state index contributed by atoms with van der Waals surface area (Å²) in [7, 11) is 0. The Bertz CT molecular complexity index is 1340. The molecule has 0 aliphatic carbocycles. The number of pyridine rings is 1.